The molecule has 0 saturated carbocycles. The number of hydrogen-bond acceptors (Lipinski definition) is 5. The molecule has 1 aliphatic heterocycles. The van der Waals surface area contributed by atoms with E-state index in [4.69, 9.17) is 4.98 Å². The smallest absolute Gasteiger partial charge is 0.273 e. The van der Waals surface area contributed by atoms with Crippen molar-refractivity contribution in [3.05, 3.63) is 92.6 Å². The van der Waals surface area contributed by atoms with Crippen molar-refractivity contribution in [2.24, 2.45) is 5.92 Å². The first-order valence-corrected chi connectivity index (χ1v) is 13.0. The number of benzene rings is 2. The highest BCUT2D eigenvalue weighted by atomic mass is 32.1. The van der Waals surface area contributed by atoms with Gasteiger partial charge < -0.3 is 10.2 Å². The number of thiophene rings is 1. The molecule has 1 aliphatic rings. The van der Waals surface area contributed by atoms with Crippen LogP contribution in [0.3, 0.4) is 0 Å². The van der Waals surface area contributed by atoms with Gasteiger partial charge in [0.25, 0.3) is 5.56 Å². The predicted molar refractivity (Wildman–Crippen MR) is 142 cm³/mol. The number of carbonyl (C=O) groups excluding carboxylic acids is 1. The minimum atomic E-state index is -0.142. The predicted octanol–water partition coefficient (Wildman–Crippen LogP) is 4.66. The quantitative estimate of drug-likeness (QED) is 0.431. The minimum absolute atomic E-state index is 0.0217. The third kappa shape index (κ3) is 5.15. The van der Waals surface area contributed by atoms with Crippen LogP contribution in [0.15, 0.2) is 64.8 Å². The molecule has 4 aromatic rings. The van der Waals surface area contributed by atoms with Crippen LogP contribution in [0.1, 0.15) is 35.1 Å². The summed E-state index contributed by atoms with van der Waals surface area (Å²) in [5.41, 5.74) is 5.24. The van der Waals surface area contributed by atoms with Crippen molar-refractivity contribution in [3.8, 4) is 0 Å². The highest BCUT2D eigenvalue weighted by molar-refractivity contribution is 7.17. The van der Waals surface area contributed by atoms with Crippen LogP contribution < -0.4 is 15.8 Å². The average molecular weight is 487 g/mol. The van der Waals surface area contributed by atoms with Crippen molar-refractivity contribution in [1.82, 2.24) is 14.9 Å². The molecule has 5 rings (SSSR count). The Balaban J connectivity index is 1.38. The zero-order valence-electron chi connectivity index (χ0n) is 20.2. The largest absolute Gasteiger partial charge is 0.352 e. The first-order chi connectivity index (χ1) is 17.0. The Morgan fingerprint density at radius 3 is 2.43 bits per heavy atom. The van der Waals surface area contributed by atoms with Gasteiger partial charge in [-0.05, 0) is 49.3 Å². The summed E-state index contributed by atoms with van der Waals surface area (Å²) in [4.78, 5) is 33.5. The minimum Gasteiger partial charge on any atom is -0.352 e. The molecule has 35 heavy (non-hydrogen) atoms. The Morgan fingerprint density at radius 2 is 1.71 bits per heavy atom. The highest BCUT2D eigenvalue weighted by Crippen LogP contribution is 2.25. The molecule has 1 saturated heterocycles. The molecule has 1 unspecified atom stereocenters. The lowest BCUT2D eigenvalue weighted by Crippen LogP contribution is -2.45. The van der Waals surface area contributed by atoms with Gasteiger partial charge in [-0.2, -0.15) is 0 Å². The zero-order chi connectivity index (χ0) is 24.4. The summed E-state index contributed by atoms with van der Waals surface area (Å²) in [5, 5.41) is 5.02. The van der Waals surface area contributed by atoms with E-state index in [1.54, 1.807) is 4.57 Å². The SMILES string of the molecule is Cc1ccc(CNC(=O)C2CCCN(c3nc4ccsc4c(=O)n3Cc3ccc(C)cc3)C2)cc1. The van der Waals surface area contributed by atoms with E-state index in [0.717, 1.165) is 36.0 Å². The number of nitrogens with zero attached hydrogens (tertiary/aromatic N) is 3. The van der Waals surface area contributed by atoms with Crippen molar-refractivity contribution in [1.29, 1.82) is 0 Å². The molecule has 0 radical (unpaired) electrons. The Kier molecular flexibility index (Phi) is 6.68. The third-order valence-electron chi connectivity index (χ3n) is 6.67. The van der Waals surface area contributed by atoms with Gasteiger partial charge in [0.05, 0.1) is 18.0 Å². The van der Waals surface area contributed by atoms with Crippen LogP contribution in [-0.2, 0) is 17.9 Å². The summed E-state index contributed by atoms with van der Waals surface area (Å²) >= 11 is 1.43. The maximum Gasteiger partial charge on any atom is 0.273 e. The van der Waals surface area contributed by atoms with Crippen LogP contribution in [0.25, 0.3) is 10.2 Å². The van der Waals surface area contributed by atoms with Gasteiger partial charge in [0, 0.05) is 19.6 Å². The van der Waals surface area contributed by atoms with E-state index in [9.17, 15) is 9.59 Å². The standard InChI is InChI=1S/C28H30N4O2S/c1-19-5-9-21(10-6-19)16-29-26(33)23-4-3-14-31(18-23)28-30-24-13-15-35-25(24)27(34)32(28)17-22-11-7-20(2)8-12-22/h5-13,15,23H,3-4,14,16-18H2,1-2H3,(H,29,33). The number of piperidine rings is 1. The van der Waals surface area contributed by atoms with Gasteiger partial charge in [0.2, 0.25) is 11.9 Å². The van der Waals surface area contributed by atoms with Gasteiger partial charge in [-0.3, -0.25) is 14.2 Å². The zero-order valence-corrected chi connectivity index (χ0v) is 21.0. The van der Waals surface area contributed by atoms with E-state index in [2.05, 4.69) is 60.5 Å². The average Bonchev–Trinajstić information content (AvgIpc) is 3.35. The van der Waals surface area contributed by atoms with Crippen molar-refractivity contribution in [2.45, 2.75) is 39.8 Å². The Hall–Kier alpha value is -3.45. The monoisotopic (exact) mass is 486 g/mol. The number of carbonyl (C=O) groups is 1. The van der Waals surface area contributed by atoms with E-state index in [1.165, 1.54) is 22.5 Å². The number of aryl methyl sites for hydroxylation is 2. The molecule has 2 aromatic heterocycles. The molecular weight excluding hydrogens is 456 g/mol. The number of rotatable bonds is 6. The summed E-state index contributed by atoms with van der Waals surface area (Å²) < 4.78 is 2.45. The number of aromatic nitrogens is 2. The molecule has 3 heterocycles. The molecule has 6 nitrogen and oxygen atoms in total. The van der Waals surface area contributed by atoms with Crippen molar-refractivity contribution in [3.63, 3.8) is 0 Å². The fraction of sp³-hybridized carbons (Fsp3) is 0.321. The number of amides is 1. The van der Waals surface area contributed by atoms with Crippen LogP contribution in [0.2, 0.25) is 0 Å². The normalized spacial score (nSPS) is 15.9. The second-order valence-corrected chi connectivity index (χ2v) is 10.3. The fourth-order valence-electron chi connectivity index (χ4n) is 4.60. The molecular formula is C28H30N4O2S. The van der Waals surface area contributed by atoms with Gasteiger partial charge >= 0.3 is 0 Å². The summed E-state index contributed by atoms with van der Waals surface area (Å²) in [6, 6.07) is 18.4. The van der Waals surface area contributed by atoms with E-state index >= 15 is 0 Å². The first kappa shape index (κ1) is 23.3. The number of nitrogens with one attached hydrogen (secondary N) is 1. The van der Waals surface area contributed by atoms with Crippen LogP contribution in [0.5, 0.6) is 0 Å². The molecule has 0 aliphatic carbocycles. The Labute approximate surface area is 209 Å². The number of fused-ring (bicyclic) bond motifs is 1. The van der Waals surface area contributed by atoms with Gasteiger partial charge in [0.15, 0.2) is 0 Å². The molecule has 0 bridgehead atoms. The summed E-state index contributed by atoms with van der Waals surface area (Å²) in [6.45, 7) is 6.41. The van der Waals surface area contributed by atoms with E-state index < -0.39 is 0 Å². The van der Waals surface area contributed by atoms with Crippen LogP contribution in [0.4, 0.5) is 5.95 Å². The molecule has 1 amide bonds. The van der Waals surface area contributed by atoms with Gasteiger partial charge in [-0.15, -0.1) is 11.3 Å². The van der Waals surface area contributed by atoms with Gasteiger partial charge in [-0.1, -0.05) is 59.7 Å². The van der Waals surface area contributed by atoms with E-state index in [1.807, 2.05) is 23.6 Å². The summed E-state index contributed by atoms with van der Waals surface area (Å²) in [5.74, 6) is 0.564. The van der Waals surface area contributed by atoms with Gasteiger partial charge in [0.1, 0.15) is 4.70 Å². The molecule has 7 heteroatoms. The lowest BCUT2D eigenvalue weighted by Gasteiger charge is -2.34. The number of hydrogen-bond donors (Lipinski definition) is 1. The lowest BCUT2D eigenvalue weighted by atomic mass is 9.97. The van der Waals surface area contributed by atoms with Crippen LogP contribution >= 0.6 is 11.3 Å². The summed E-state index contributed by atoms with van der Waals surface area (Å²) in [7, 11) is 0. The van der Waals surface area contributed by atoms with E-state index in [-0.39, 0.29) is 17.4 Å². The molecule has 0 spiro atoms. The number of anilines is 1. The molecule has 1 atom stereocenters. The van der Waals surface area contributed by atoms with Gasteiger partial charge in [-0.25, -0.2) is 4.98 Å². The fourth-order valence-corrected chi connectivity index (χ4v) is 5.38. The van der Waals surface area contributed by atoms with E-state index in [0.29, 0.717) is 30.3 Å². The Morgan fingerprint density at radius 1 is 1.03 bits per heavy atom. The van der Waals surface area contributed by atoms with Crippen molar-refractivity contribution >= 4 is 33.4 Å². The molecule has 180 valence electrons. The third-order valence-corrected chi connectivity index (χ3v) is 7.56. The van der Waals surface area contributed by atoms with Crippen LogP contribution in [-0.4, -0.2) is 28.5 Å². The molecule has 1 N–H and O–H groups in total. The maximum absolute atomic E-state index is 13.5. The first-order valence-electron chi connectivity index (χ1n) is 12.1. The molecule has 1 fully saturated rings. The second-order valence-electron chi connectivity index (χ2n) is 9.41. The summed E-state index contributed by atoms with van der Waals surface area (Å²) in [6.07, 6.45) is 1.71. The topological polar surface area (TPSA) is 67.2 Å². The molecule has 2 aromatic carbocycles. The maximum atomic E-state index is 13.5. The highest BCUT2D eigenvalue weighted by Gasteiger charge is 2.28. The van der Waals surface area contributed by atoms with Crippen molar-refractivity contribution < 1.29 is 4.79 Å². The van der Waals surface area contributed by atoms with Crippen LogP contribution in [0, 0.1) is 19.8 Å². The Bertz CT molecular complexity index is 1390. The van der Waals surface area contributed by atoms with Crippen molar-refractivity contribution in [2.75, 3.05) is 18.0 Å². The lowest BCUT2D eigenvalue weighted by molar-refractivity contribution is -0.125. The second kappa shape index (κ2) is 10.0.